The number of anilines is 2. The monoisotopic (exact) mass is 518 g/mol. The number of alkyl halides is 3. The molecule has 3 aromatic heterocycles. The van der Waals surface area contributed by atoms with Crippen LogP contribution in [0.15, 0.2) is 55.0 Å². The molecule has 0 spiro atoms. The lowest BCUT2D eigenvalue weighted by molar-refractivity contribution is -0.138. The molecule has 4 aromatic rings. The van der Waals surface area contributed by atoms with Crippen molar-refractivity contribution in [3.05, 3.63) is 88.5 Å². The largest absolute Gasteiger partial charge is 0.416 e. The van der Waals surface area contributed by atoms with E-state index in [1.807, 2.05) is 12.1 Å². The minimum Gasteiger partial charge on any atom is -0.371 e. The summed E-state index contributed by atoms with van der Waals surface area (Å²) in [5, 5.41) is 6.36. The van der Waals surface area contributed by atoms with Crippen LogP contribution in [-0.4, -0.2) is 46.9 Å². The fraction of sp³-hybridized carbons (Fsp3) is 0.214. The molecule has 0 saturated heterocycles. The maximum atomic E-state index is 13.6. The first kappa shape index (κ1) is 26.6. The third-order valence-electron chi connectivity index (χ3n) is 5.72. The van der Waals surface area contributed by atoms with Crippen LogP contribution in [-0.2, 0) is 12.7 Å². The third-order valence-corrected chi connectivity index (χ3v) is 5.72. The van der Waals surface area contributed by atoms with Crippen LogP contribution in [0.1, 0.15) is 38.3 Å². The van der Waals surface area contributed by atoms with Crippen LogP contribution in [0.5, 0.6) is 0 Å². The number of benzene rings is 1. The quantitative estimate of drug-likeness (QED) is 0.358. The Balaban J connectivity index is 1.62. The molecule has 0 unspecified atom stereocenters. The molecule has 0 aliphatic carbocycles. The number of hydrogen-bond acceptors (Lipinski definition) is 6. The maximum absolute atomic E-state index is 13.6. The van der Waals surface area contributed by atoms with Crippen molar-refractivity contribution in [3.63, 3.8) is 0 Å². The van der Waals surface area contributed by atoms with Gasteiger partial charge in [-0.1, -0.05) is 17.9 Å². The van der Waals surface area contributed by atoms with Crippen LogP contribution in [0, 0.1) is 18.8 Å². The van der Waals surface area contributed by atoms with Gasteiger partial charge in [0.1, 0.15) is 5.52 Å². The van der Waals surface area contributed by atoms with Crippen LogP contribution < -0.4 is 10.6 Å². The van der Waals surface area contributed by atoms with Crippen LogP contribution in [0.4, 0.5) is 24.7 Å². The molecule has 38 heavy (non-hydrogen) atoms. The van der Waals surface area contributed by atoms with E-state index in [1.54, 1.807) is 51.4 Å². The van der Waals surface area contributed by atoms with Gasteiger partial charge in [0.05, 0.1) is 22.4 Å². The number of aromatic nitrogens is 3. The summed E-state index contributed by atoms with van der Waals surface area (Å²) in [4.78, 5) is 27.5. The van der Waals surface area contributed by atoms with E-state index in [2.05, 4.69) is 37.4 Å². The Bertz CT molecular complexity index is 1570. The van der Waals surface area contributed by atoms with E-state index in [4.69, 9.17) is 0 Å². The first-order chi connectivity index (χ1) is 18.1. The van der Waals surface area contributed by atoms with Crippen molar-refractivity contribution in [2.45, 2.75) is 19.6 Å². The lowest BCUT2D eigenvalue weighted by Gasteiger charge is -2.17. The number of nitrogens with zero attached hydrogens (tertiary/aromatic N) is 4. The fourth-order valence-electron chi connectivity index (χ4n) is 3.87. The number of carbonyl (C=O) groups is 1. The van der Waals surface area contributed by atoms with Crippen LogP contribution in [0.2, 0.25) is 0 Å². The Morgan fingerprint density at radius 2 is 1.79 bits per heavy atom. The lowest BCUT2D eigenvalue weighted by Crippen LogP contribution is -2.18. The number of rotatable bonds is 5. The summed E-state index contributed by atoms with van der Waals surface area (Å²) in [5.74, 6) is 6.15. The molecule has 0 radical (unpaired) electrons. The topological polar surface area (TPSA) is 83.0 Å². The zero-order valence-electron chi connectivity index (χ0n) is 21.2. The number of hydrogen-bond donors (Lipinski definition) is 2. The Hall–Kier alpha value is -4.49. The smallest absolute Gasteiger partial charge is 0.371 e. The van der Waals surface area contributed by atoms with Crippen molar-refractivity contribution in [1.29, 1.82) is 0 Å². The Labute approximate surface area is 218 Å². The number of halogens is 3. The summed E-state index contributed by atoms with van der Waals surface area (Å²) in [6.45, 7) is 1.87. The van der Waals surface area contributed by atoms with Crippen LogP contribution in [0.25, 0.3) is 10.9 Å². The summed E-state index contributed by atoms with van der Waals surface area (Å²) >= 11 is 0. The first-order valence-corrected chi connectivity index (χ1v) is 11.6. The number of aryl methyl sites for hydroxylation is 1. The van der Waals surface area contributed by atoms with Crippen LogP contribution >= 0.6 is 0 Å². The molecule has 4 rings (SSSR count). The molecule has 0 bridgehead atoms. The summed E-state index contributed by atoms with van der Waals surface area (Å²) in [6, 6.07) is 9.03. The van der Waals surface area contributed by atoms with Crippen molar-refractivity contribution >= 4 is 28.3 Å². The standard InChI is InChI=1S/C28H25F3N6O/c1-17-18(7-8-19-14-35-26(32-2)25-23(19)6-5-11-33-25)12-21(15-34-17)27(38)36-22-10-9-20(16-37(3)4)24(13-22)28(29,30)31/h5-6,9-15H,16H2,1-4H3,(H,32,35)(H,36,38). The Morgan fingerprint density at radius 3 is 2.50 bits per heavy atom. The molecule has 10 heteroatoms. The molecule has 3 heterocycles. The van der Waals surface area contributed by atoms with Crippen LogP contribution in [0.3, 0.4) is 0 Å². The number of nitrogens with one attached hydrogen (secondary N) is 2. The number of pyridine rings is 3. The second-order valence-corrected chi connectivity index (χ2v) is 8.84. The van der Waals surface area contributed by atoms with Crippen molar-refractivity contribution in [2.75, 3.05) is 31.8 Å². The van der Waals surface area contributed by atoms with Gasteiger partial charge in [-0.3, -0.25) is 14.8 Å². The zero-order chi connectivity index (χ0) is 27.4. The first-order valence-electron chi connectivity index (χ1n) is 11.6. The second-order valence-electron chi connectivity index (χ2n) is 8.84. The summed E-state index contributed by atoms with van der Waals surface area (Å²) in [6.07, 6.45) is 0.121. The van der Waals surface area contributed by atoms with Gasteiger partial charge in [0.2, 0.25) is 0 Å². The van der Waals surface area contributed by atoms with E-state index in [0.29, 0.717) is 28.2 Å². The molecule has 1 amide bonds. The third kappa shape index (κ3) is 5.90. The van der Waals surface area contributed by atoms with Crippen molar-refractivity contribution in [1.82, 2.24) is 19.9 Å². The van der Waals surface area contributed by atoms with Gasteiger partial charge in [0, 0.05) is 48.8 Å². The predicted octanol–water partition coefficient (Wildman–Crippen LogP) is 5.11. The highest BCUT2D eigenvalue weighted by Crippen LogP contribution is 2.34. The van der Waals surface area contributed by atoms with Gasteiger partial charge in [-0.05, 0) is 56.9 Å². The fourth-order valence-corrected chi connectivity index (χ4v) is 3.87. The highest BCUT2D eigenvalue weighted by atomic mass is 19.4. The van der Waals surface area contributed by atoms with Gasteiger partial charge < -0.3 is 15.5 Å². The highest BCUT2D eigenvalue weighted by molar-refractivity contribution is 6.04. The average Bonchev–Trinajstić information content (AvgIpc) is 2.88. The molecular formula is C28H25F3N6O. The van der Waals surface area contributed by atoms with Crippen molar-refractivity contribution in [2.24, 2.45) is 0 Å². The molecule has 2 N–H and O–H groups in total. The lowest BCUT2D eigenvalue weighted by atomic mass is 10.0. The zero-order valence-corrected chi connectivity index (χ0v) is 21.2. The number of fused-ring (bicyclic) bond motifs is 1. The van der Waals surface area contributed by atoms with Gasteiger partial charge in [-0.2, -0.15) is 13.2 Å². The van der Waals surface area contributed by atoms with E-state index >= 15 is 0 Å². The number of amides is 1. The minimum atomic E-state index is -4.56. The predicted molar refractivity (Wildman–Crippen MR) is 141 cm³/mol. The van der Waals surface area contributed by atoms with E-state index < -0.39 is 17.6 Å². The van der Waals surface area contributed by atoms with E-state index in [-0.39, 0.29) is 23.4 Å². The van der Waals surface area contributed by atoms with Gasteiger partial charge >= 0.3 is 6.18 Å². The normalized spacial score (nSPS) is 11.3. The van der Waals surface area contributed by atoms with Gasteiger partial charge in [-0.25, -0.2) is 4.98 Å². The summed E-state index contributed by atoms with van der Waals surface area (Å²) in [7, 11) is 5.14. The molecule has 0 atom stereocenters. The summed E-state index contributed by atoms with van der Waals surface area (Å²) < 4.78 is 40.9. The molecule has 1 aromatic carbocycles. The Morgan fingerprint density at radius 1 is 1.03 bits per heavy atom. The Kier molecular flexibility index (Phi) is 7.60. The minimum absolute atomic E-state index is 0.0349. The van der Waals surface area contributed by atoms with E-state index in [0.717, 1.165) is 11.5 Å². The van der Waals surface area contributed by atoms with Gasteiger partial charge in [0.25, 0.3) is 5.91 Å². The van der Waals surface area contributed by atoms with Crippen molar-refractivity contribution in [3.8, 4) is 11.8 Å². The highest BCUT2D eigenvalue weighted by Gasteiger charge is 2.33. The van der Waals surface area contributed by atoms with E-state index in [9.17, 15) is 18.0 Å². The second kappa shape index (κ2) is 10.9. The summed E-state index contributed by atoms with van der Waals surface area (Å²) in [5.41, 5.74) is 1.97. The SMILES string of the molecule is CNc1ncc(C#Cc2cc(C(=O)Nc3ccc(CN(C)C)c(C(F)(F)F)c3)cnc2C)c2cccnc12. The molecule has 0 aliphatic rings. The molecule has 7 nitrogen and oxygen atoms in total. The molecule has 194 valence electrons. The molecule has 0 aliphatic heterocycles. The van der Waals surface area contributed by atoms with Gasteiger partial charge in [0.15, 0.2) is 5.82 Å². The van der Waals surface area contributed by atoms with Crippen molar-refractivity contribution < 1.29 is 18.0 Å². The molecule has 0 fully saturated rings. The van der Waals surface area contributed by atoms with E-state index in [1.165, 1.54) is 18.3 Å². The number of carbonyl (C=O) groups excluding carboxylic acids is 1. The van der Waals surface area contributed by atoms with Gasteiger partial charge in [-0.15, -0.1) is 0 Å². The molecule has 0 saturated carbocycles. The maximum Gasteiger partial charge on any atom is 0.416 e. The molecular weight excluding hydrogens is 493 g/mol. The average molecular weight is 519 g/mol.